The molecule has 3 heteroatoms. The van der Waals surface area contributed by atoms with Gasteiger partial charge in [0.1, 0.15) is 5.72 Å². The quantitative estimate of drug-likeness (QED) is 0.568. The first-order valence-corrected chi connectivity index (χ1v) is 3.63. The van der Waals surface area contributed by atoms with Crippen LogP contribution in [-0.4, -0.2) is 18.7 Å². The molecule has 0 aromatic rings. The maximum atomic E-state index is 11.0. The number of rotatable bonds is 1. The Balaban J connectivity index is 2.22. The van der Waals surface area contributed by atoms with Crippen molar-refractivity contribution in [2.45, 2.75) is 25.0 Å². The minimum Gasteiger partial charge on any atom is -0.359 e. The van der Waals surface area contributed by atoms with E-state index in [1.165, 1.54) is 0 Å². The largest absolute Gasteiger partial charge is 0.359 e. The van der Waals surface area contributed by atoms with Gasteiger partial charge in [-0.05, 0) is 12.8 Å². The van der Waals surface area contributed by atoms with Crippen LogP contribution in [0.15, 0.2) is 0 Å². The van der Waals surface area contributed by atoms with Crippen molar-refractivity contribution >= 4 is 5.91 Å². The minimum absolute atomic E-state index is 0.174. The number of hydrogen-bond acceptors (Lipinski definition) is 2. The molecule has 2 aliphatic rings. The van der Waals surface area contributed by atoms with Crippen LogP contribution in [0.4, 0.5) is 0 Å². The van der Waals surface area contributed by atoms with E-state index in [0.717, 1.165) is 19.3 Å². The number of methoxy groups -OCH3 is 1. The molecule has 0 radical (unpaired) electrons. The van der Waals surface area contributed by atoms with E-state index < -0.39 is 0 Å². The van der Waals surface area contributed by atoms with Crippen molar-refractivity contribution in [2.75, 3.05) is 7.11 Å². The Morgan fingerprint density at radius 1 is 1.80 bits per heavy atom. The molecule has 2 rings (SSSR count). The Hall–Kier alpha value is -0.570. The molecule has 10 heavy (non-hydrogen) atoms. The molecule has 2 atom stereocenters. The molecular weight excluding hydrogens is 130 g/mol. The zero-order valence-electron chi connectivity index (χ0n) is 6.02. The molecule has 56 valence electrons. The van der Waals surface area contributed by atoms with E-state index in [0.29, 0.717) is 0 Å². The van der Waals surface area contributed by atoms with Crippen molar-refractivity contribution in [3.8, 4) is 0 Å². The molecule has 2 bridgehead atoms. The maximum Gasteiger partial charge on any atom is 0.225 e. The summed E-state index contributed by atoms with van der Waals surface area (Å²) in [7, 11) is 1.66. The van der Waals surface area contributed by atoms with Gasteiger partial charge in [0, 0.05) is 19.4 Å². The number of fused-ring (bicyclic) bond motifs is 2. The summed E-state index contributed by atoms with van der Waals surface area (Å²) >= 11 is 0. The van der Waals surface area contributed by atoms with Crippen LogP contribution < -0.4 is 5.32 Å². The van der Waals surface area contributed by atoms with E-state index in [-0.39, 0.29) is 17.6 Å². The molecule has 0 spiro atoms. The normalized spacial score (nSPS) is 44.1. The third-order valence-corrected chi connectivity index (χ3v) is 2.59. The zero-order valence-corrected chi connectivity index (χ0v) is 6.02. The lowest BCUT2D eigenvalue weighted by Crippen LogP contribution is -2.44. The molecule has 1 aliphatic heterocycles. The Kier molecular flexibility index (Phi) is 1.06. The lowest BCUT2D eigenvalue weighted by Gasteiger charge is -2.25. The Morgan fingerprint density at radius 3 is 2.90 bits per heavy atom. The van der Waals surface area contributed by atoms with Gasteiger partial charge in [-0.15, -0.1) is 0 Å². The minimum atomic E-state index is -0.276. The summed E-state index contributed by atoms with van der Waals surface area (Å²) in [5.41, 5.74) is -0.276. The van der Waals surface area contributed by atoms with Gasteiger partial charge < -0.3 is 10.1 Å². The second kappa shape index (κ2) is 1.72. The predicted molar refractivity (Wildman–Crippen MR) is 35.2 cm³/mol. The van der Waals surface area contributed by atoms with Gasteiger partial charge in [0.2, 0.25) is 5.91 Å². The summed E-state index contributed by atoms with van der Waals surface area (Å²) in [5.74, 6) is 0.410. The Morgan fingerprint density at radius 2 is 2.60 bits per heavy atom. The zero-order chi connectivity index (χ0) is 7.19. The molecular formula is C7H11NO2. The van der Waals surface area contributed by atoms with Crippen molar-refractivity contribution < 1.29 is 9.53 Å². The van der Waals surface area contributed by atoms with E-state index in [1.54, 1.807) is 7.11 Å². The summed E-state index contributed by atoms with van der Waals surface area (Å²) in [6.07, 6.45) is 2.86. The van der Waals surface area contributed by atoms with E-state index in [4.69, 9.17) is 4.74 Å². The number of carbonyl (C=O) groups excluding carboxylic acids is 1. The van der Waals surface area contributed by atoms with Gasteiger partial charge in [-0.25, -0.2) is 0 Å². The SMILES string of the molecule is COC12CCC(C1)C(=O)N2. The highest BCUT2D eigenvalue weighted by atomic mass is 16.5. The van der Waals surface area contributed by atoms with Gasteiger partial charge in [0.15, 0.2) is 0 Å². The Labute approximate surface area is 59.7 Å². The first-order chi connectivity index (χ1) is 4.76. The average molecular weight is 141 g/mol. The molecule has 1 saturated heterocycles. The Bertz CT molecular complexity index is 180. The van der Waals surface area contributed by atoms with Gasteiger partial charge in [-0.2, -0.15) is 0 Å². The number of hydrogen-bond donors (Lipinski definition) is 1. The molecule has 0 aromatic carbocycles. The fraction of sp³-hybridized carbons (Fsp3) is 0.857. The predicted octanol–water partition coefficient (Wildman–Crippen LogP) is 0.259. The van der Waals surface area contributed by atoms with Crippen LogP contribution in [0.2, 0.25) is 0 Å². The standard InChI is InChI=1S/C7H11NO2/c1-10-7-3-2-5(4-7)6(9)8-7/h5H,2-4H2,1H3,(H,8,9). The summed E-state index contributed by atoms with van der Waals surface area (Å²) in [4.78, 5) is 11.0. The number of amides is 1. The van der Waals surface area contributed by atoms with E-state index >= 15 is 0 Å². The highest BCUT2D eigenvalue weighted by Crippen LogP contribution is 2.40. The van der Waals surface area contributed by atoms with Crippen LogP contribution in [0.25, 0.3) is 0 Å². The van der Waals surface area contributed by atoms with Crippen LogP contribution in [0, 0.1) is 5.92 Å². The maximum absolute atomic E-state index is 11.0. The first-order valence-electron chi connectivity index (χ1n) is 3.63. The second-order valence-electron chi connectivity index (χ2n) is 3.13. The molecule has 1 saturated carbocycles. The summed E-state index contributed by atoms with van der Waals surface area (Å²) in [5, 5.41) is 2.86. The third-order valence-electron chi connectivity index (χ3n) is 2.59. The number of nitrogens with one attached hydrogen (secondary N) is 1. The number of piperidine rings is 1. The molecule has 1 heterocycles. The molecule has 0 aromatic heterocycles. The van der Waals surface area contributed by atoms with Crippen molar-refractivity contribution in [1.29, 1.82) is 0 Å². The van der Waals surface area contributed by atoms with E-state index in [2.05, 4.69) is 5.32 Å². The highest BCUT2D eigenvalue weighted by Gasteiger charge is 2.50. The third kappa shape index (κ3) is 0.611. The van der Waals surface area contributed by atoms with Crippen molar-refractivity contribution in [3.05, 3.63) is 0 Å². The second-order valence-corrected chi connectivity index (χ2v) is 3.13. The summed E-state index contributed by atoms with van der Waals surface area (Å²) in [6.45, 7) is 0. The fourth-order valence-electron chi connectivity index (χ4n) is 1.91. The highest BCUT2D eigenvalue weighted by molar-refractivity contribution is 5.82. The van der Waals surface area contributed by atoms with Crippen LogP contribution in [0.5, 0.6) is 0 Å². The lowest BCUT2D eigenvalue weighted by molar-refractivity contribution is -0.128. The molecule has 1 aliphatic carbocycles. The molecule has 1 N–H and O–H groups in total. The van der Waals surface area contributed by atoms with E-state index in [1.807, 2.05) is 0 Å². The smallest absolute Gasteiger partial charge is 0.225 e. The van der Waals surface area contributed by atoms with E-state index in [9.17, 15) is 4.79 Å². The molecule has 1 amide bonds. The lowest BCUT2D eigenvalue weighted by atomic mass is 10.1. The van der Waals surface area contributed by atoms with Crippen molar-refractivity contribution in [1.82, 2.24) is 5.32 Å². The topological polar surface area (TPSA) is 38.3 Å². The molecule has 2 fully saturated rings. The number of ether oxygens (including phenoxy) is 1. The molecule has 2 unspecified atom stereocenters. The van der Waals surface area contributed by atoms with Gasteiger partial charge in [0.05, 0.1) is 0 Å². The fourth-order valence-corrected chi connectivity index (χ4v) is 1.91. The van der Waals surface area contributed by atoms with Crippen molar-refractivity contribution in [3.63, 3.8) is 0 Å². The van der Waals surface area contributed by atoms with Gasteiger partial charge >= 0.3 is 0 Å². The van der Waals surface area contributed by atoms with Crippen LogP contribution in [-0.2, 0) is 9.53 Å². The molecule has 3 nitrogen and oxygen atoms in total. The van der Waals surface area contributed by atoms with Crippen molar-refractivity contribution in [2.24, 2.45) is 5.92 Å². The van der Waals surface area contributed by atoms with Crippen LogP contribution in [0.3, 0.4) is 0 Å². The average Bonchev–Trinajstić information content (AvgIpc) is 2.45. The monoisotopic (exact) mass is 141 g/mol. The van der Waals surface area contributed by atoms with Gasteiger partial charge in [-0.3, -0.25) is 4.79 Å². The van der Waals surface area contributed by atoms with Gasteiger partial charge in [-0.1, -0.05) is 0 Å². The first kappa shape index (κ1) is 6.16. The van der Waals surface area contributed by atoms with Crippen LogP contribution in [0.1, 0.15) is 19.3 Å². The number of carbonyl (C=O) groups is 1. The van der Waals surface area contributed by atoms with Crippen LogP contribution >= 0.6 is 0 Å². The van der Waals surface area contributed by atoms with Gasteiger partial charge in [0.25, 0.3) is 0 Å². The summed E-state index contributed by atoms with van der Waals surface area (Å²) in [6, 6.07) is 0. The summed E-state index contributed by atoms with van der Waals surface area (Å²) < 4.78 is 5.23.